The van der Waals surface area contributed by atoms with Crippen molar-refractivity contribution in [3.05, 3.63) is 94.0 Å². The minimum absolute atomic E-state index is 0.0516. The highest BCUT2D eigenvalue weighted by molar-refractivity contribution is 7.86. The van der Waals surface area contributed by atoms with Gasteiger partial charge in [-0.25, -0.2) is 4.18 Å². The van der Waals surface area contributed by atoms with Crippen molar-refractivity contribution in [2.24, 2.45) is 0 Å². The van der Waals surface area contributed by atoms with Crippen LogP contribution in [0.25, 0.3) is 0 Å². The number of amides is 1. The lowest BCUT2D eigenvalue weighted by atomic mass is 9.92. The first-order valence-corrected chi connectivity index (χ1v) is 11.8. The maximum Gasteiger partial charge on any atom is 0.432 e. The summed E-state index contributed by atoms with van der Waals surface area (Å²) in [6.45, 7) is 0. The molecule has 0 aliphatic rings. The summed E-state index contributed by atoms with van der Waals surface area (Å²) in [5.41, 5.74) is -7.10. The van der Waals surface area contributed by atoms with E-state index in [-0.39, 0.29) is 21.3 Å². The van der Waals surface area contributed by atoms with Crippen LogP contribution in [0.1, 0.15) is 15.9 Å². The third-order valence-corrected chi connectivity index (χ3v) is 6.66. The third-order valence-electron chi connectivity index (χ3n) is 4.79. The molecule has 3 rings (SSSR count). The Kier molecular flexibility index (Phi) is 7.66. The van der Waals surface area contributed by atoms with Gasteiger partial charge in [0.1, 0.15) is 0 Å². The number of carbonyl (C=O) groups excluding carboxylic acids is 1. The van der Waals surface area contributed by atoms with Crippen LogP contribution in [-0.4, -0.2) is 26.7 Å². The van der Waals surface area contributed by atoms with Crippen LogP contribution in [0.3, 0.4) is 0 Å². The average Bonchev–Trinajstić information content (AvgIpc) is 2.77. The fraction of sp³-hybridized carbons (Fsp3) is 0.136. The molecule has 0 fully saturated rings. The van der Waals surface area contributed by atoms with Crippen molar-refractivity contribution in [3.63, 3.8) is 0 Å². The Balaban J connectivity index is 2.03. The molecule has 5 nitrogen and oxygen atoms in total. The predicted octanol–water partition coefficient (Wildman–Crippen LogP) is 6.97. The van der Waals surface area contributed by atoms with E-state index < -0.39 is 44.4 Å². The molecular formula is C22H13Cl2F6NO4S. The second-order valence-electron chi connectivity index (χ2n) is 7.18. The molecule has 0 aromatic heterocycles. The normalized spacial score (nSPS) is 12.9. The van der Waals surface area contributed by atoms with E-state index in [9.17, 15) is 39.6 Å². The molecule has 14 heteroatoms. The molecule has 0 saturated heterocycles. The zero-order valence-corrected chi connectivity index (χ0v) is 19.8. The monoisotopic (exact) mass is 571 g/mol. The van der Waals surface area contributed by atoms with Gasteiger partial charge >= 0.3 is 18.0 Å². The van der Waals surface area contributed by atoms with Crippen LogP contribution in [-0.2, 0) is 19.9 Å². The fourth-order valence-corrected chi connectivity index (χ4v) is 4.79. The Morgan fingerprint density at radius 1 is 0.806 bits per heavy atom. The Hall–Kier alpha value is -2.80. The molecular weight excluding hydrogens is 559 g/mol. The van der Waals surface area contributed by atoms with E-state index in [1.807, 2.05) is 0 Å². The van der Waals surface area contributed by atoms with Gasteiger partial charge in [-0.3, -0.25) is 4.79 Å². The molecule has 0 aliphatic heterocycles. The van der Waals surface area contributed by atoms with Gasteiger partial charge in [0.05, 0.1) is 15.5 Å². The highest BCUT2D eigenvalue weighted by atomic mass is 35.5. The first-order valence-electron chi connectivity index (χ1n) is 9.59. The zero-order valence-electron chi connectivity index (χ0n) is 17.5. The molecule has 36 heavy (non-hydrogen) atoms. The molecule has 0 unspecified atom stereocenters. The van der Waals surface area contributed by atoms with Gasteiger partial charge in [0.15, 0.2) is 0 Å². The SMILES string of the molecule is O=C(Nc1ccc(C(OS(=O)(=O)c2ccccc2)(C(F)(F)F)C(F)(F)F)cc1)c1ccc(Cl)cc1Cl. The van der Waals surface area contributed by atoms with Crippen molar-refractivity contribution in [2.75, 3.05) is 5.32 Å². The Labute approximate surface area is 210 Å². The van der Waals surface area contributed by atoms with E-state index in [1.165, 1.54) is 24.3 Å². The number of rotatable bonds is 6. The van der Waals surface area contributed by atoms with Crippen molar-refractivity contribution in [3.8, 4) is 0 Å². The zero-order chi connectivity index (χ0) is 26.9. The summed E-state index contributed by atoms with van der Waals surface area (Å²) in [5.74, 6) is -0.828. The van der Waals surface area contributed by atoms with Gasteiger partial charge < -0.3 is 5.32 Å². The van der Waals surface area contributed by atoms with Crippen LogP contribution in [0.4, 0.5) is 32.0 Å². The van der Waals surface area contributed by atoms with Crippen molar-refractivity contribution >= 4 is 44.9 Å². The largest absolute Gasteiger partial charge is 0.432 e. The molecule has 0 spiro atoms. The molecule has 0 aliphatic carbocycles. The quantitative estimate of drug-likeness (QED) is 0.256. The van der Waals surface area contributed by atoms with Crippen LogP contribution in [0.2, 0.25) is 10.0 Å². The minimum atomic E-state index is -6.26. The molecule has 0 bridgehead atoms. The summed E-state index contributed by atoms with van der Waals surface area (Å²) < 4.78 is 113. The van der Waals surface area contributed by atoms with Crippen molar-refractivity contribution in [1.29, 1.82) is 0 Å². The summed E-state index contributed by atoms with van der Waals surface area (Å²) in [7, 11) is -5.54. The number of halogens is 8. The summed E-state index contributed by atoms with van der Waals surface area (Å²) >= 11 is 11.7. The molecule has 0 radical (unpaired) electrons. The molecule has 0 heterocycles. The van der Waals surface area contributed by atoms with Gasteiger partial charge in [-0.05, 0) is 42.5 Å². The summed E-state index contributed by atoms with van der Waals surface area (Å²) in [6.07, 6.45) is -12.5. The lowest BCUT2D eigenvalue weighted by Gasteiger charge is -2.36. The van der Waals surface area contributed by atoms with Crippen molar-refractivity contribution in [1.82, 2.24) is 0 Å². The van der Waals surface area contributed by atoms with Crippen molar-refractivity contribution in [2.45, 2.75) is 22.8 Å². The first kappa shape index (κ1) is 27.8. The maximum absolute atomic E-state index is 14.0. The van der Waals surface area contributed by atoms with E-state index in [0.29, 0.717) is 12.1 Å². The lowest BCUT2D eigenvalue weighted by Crippen LogP contribution is -2.56. The molecule has 1 amide bonds. The number of hydrogen-bond donors (Lipinski definition) is 1. The second-order valence-corrected chi connectivity index (χ2v) is 9.57. The molecule has 3 aromatic carbocycles. The Morgan fingerprint density at radius 3 is 1.86 bits per heavy atom. The number of alkyl halides is 6. The van der Waals surface area contributed by atoms with Crippen LogP contribution in [0.5, 0.6) is 0 Å². The summed E-state index contributed by atoms with van der Waals surface area (Å²) in [4.78, 5) is 11.5. The van der Waals surface area contributed by atoms with Crippen LogP contribution >= 0.6 is 23.2 Å². The molecule has 0 saturated carbocycles. The number of anilines is 1. The maximum atomic E-state index is 14.0. The van der Waals surface area contributed by atoms with Crippen LogP contribution in [0, 0.1) is 0 Å². The topological polar surface area (TPSA) is 72.5 Å². The highest BCUT2D eigenvalue weighted by Gasteiger charge is 2.75. The van der Waals surface area contributed by atoms with Crippen LogP contribution in [0.15, 0.2) is 77.7 Å². The average molecular weight is 572 g/mol. The van der Waals surface area contributed by atoms with Gasteiger partial charge in [0.25, 0.3) is 16.0 Å². The van der Waals surface area contributed by atoms with Gasteiger partial charge in [-0.15, -0.1) is 0 Å². The molecule has 1 N–H and O–H groups in total. The first-order chi connectivity index (χ1) is 16.6. The molecule has 0 atom stereocenters. The number of nitrogens with one attached hydrogen (secondary N) is 1. The van der Waals surface area contributed by atoms with E-state index in [0.717, 1.165) is 36.4 Å². The number of carbonyl (C=O) groups is 1. The van der Waals surface area contributed by atoms with E-state index in [2.05, 4.69) is 9.50 Å². The number of benzene rings is 3. The standard InChI is InChI=1S/C22H13Cl2F6NO4S/c23-14-8-11-17(18(24)12-14)19(32)31-15-9-6-13(7-10-15)20(21(25,26)27,22(28,29)30)35-36(33,34)16-4-2-1-3-5-16/h1-12H,(H,31,32). The second kappa shape index (κ2) is 9.92. The Bertz CT molecular complexity index is 1350. The molecule has 3 aromatic rings. The molecule has 192 valence electrons. The predicted molar refractivity (Wildman–Crippen MR) is 119 cm³/mol. The third kappa shape index (κ3) is 5.46. The summed E-state index contributed by atoms with van der Waals surface area (Å²) in [6, 6.07) is 11.1. The van der Waals surface area contributed by atoms with Gasteiger partial charge in [-0.2, -0.15) is 34.8 Å². The van der Waals surface area contributed by atoms with Gasteiger partial charge in [0, 0.05) is 16.3 Å². The van der Waals surface area contributed by atoms with Crippen LogP contribution < -0.4 is 5.32 Å². The van der Waals surface area contributed by atoms with Gasteiger partial charge in [-0.1, -0.05) is 53.5 Å². The smallest absolute Gasteiger partial charge is 0.322 e. The summed E-state index contributed by atoms with van der Waals surface area (Å²) in [5, 5.41) is 2.43. The highest BCUT2D eigenvalue weighted by Crippen LogP contribution is 2.54. The van der Waals surface area contributed by atoms with Gasteiger partial charge in [0.2, 0.25) is 0 Å². The Morgan fingerprint density at radius 2 is 1.36 bits per heavy atom. The van der Waals surface area contributed by atoms with E-state index >= 15 is 0 Å². The lowest BCUT2D eigenvalue weighted by molar-refractivity contribution is -0.364. The van der Waals surface area contributed by atoms with Crippen molar-refractivity contribution < 1.29 is 43.7 Å². The fourth-order valence-electron chi connectivity index (χ4n) is 3.09. The number of hydrogen-bond acceptors (Lipinski definition) is 4. The van der Waals surface area contributed by atoms with E-state index in [4.69, 9.17) is 23.2 Å². The van der Waals surface area contributed by atoms with E-state index in [1.54, 1.807) is 0 Å². The minimum Gasteiger partial charge on any atom is -0.322 e.